The van der Waals surface area contributed by atoms with Gasteiger partial charge >= 0.3 is 0 Å². The summed E-state index contributed by atoms with van der Waals surface area (Å²) >= 11 is 0. The summed E-state index contributed by atoms with van der Waals surface area (Å²) in [5.74, 6) is 0. The zero-order valence-corrected chi connectivity index (χ0v) is 11.6. The molecule has 5 nitrogen and oxygen atoms in total. The molecular weight excluding hydrogens is 254 g/mol. The Morgan fingerprint density at radius 1 is 1.30 bits per heavy atom. The maximum absolute atomic E-state index is 11.8. The fourth-order valence-corrected chi connectivity index (χ4v) is 1.97. The molecule has 0 aliphatic rings. The van der Waals surface area contributed by atoms with Gasteiger partial charge in [0.15, 0.2) is 0 Å². The monoisotopic (exact) mass is 273 g/mol. The second kappa shape index (κ2) is 6.86. The van der Waals surface area contributed by atoms with E-state index in [1.807, 2.05) is 30.1 Å². The third-order valence-electron chi connectivity index (χ3n) is 3.19. The largest absolute Gasteiger partial charge is 0.394 e. The molecule has 0 aliphatic heterocycles. The Balaban J connectivity index is 2.00. The van der Waals surface area contributed by atoms with Gasteiger partial charge in [-0.1, -0.05) is 30.3 Å². The van der Waals surface area contributed by atoms with Crippen molar-refractivity contribution in [3.8, 4) is 0 Å². The highest BCUT2D eigenvalue weighted by molar-refractivity contribution is 5.42. The summed E-state index contributed by atoms with van der Waals surface area (Å²) < 4.78 is 1.26. The molecule has 1 N–H and O–H groups in total. The molecular formula is C15H19N3O2. The van der Waals surface area contributed by atoms with Gasteiger partial charge in [0.2, 0.25) is 0 Å². The van der Waals surface area contributed by atoms with Gasteiger partial charge in [-0.2, -0.15) is 5.10 Å². The minimum Gasteiger partial charge on any atom is -0.394 e. The molecule has 20 heavy (non-hydrogen) atoms. The van der Waals surface area contributed by atoms with E-state index in [4.69, 9.17) is 5.11 Å². The lowest BCUT2D eigenvalue weighted by Crippen LogP contribution is -2.27. The number of benzene rings is 1. The summed E-state index contributed by atoms with van der Waals surface area (Å²) in [6, 6.07) is 11.8. The Labute approximate surface area is 118 Å². The predicted molar refractivity (Wildman–Crippen MR) is 79.0 cm³/mol. The van der Waals surface area contributed by atoms with Crippen LogP contribution in [0.15, 0.2) is 47.4 Å². The van der Waals surface area contributed by atoms with E-state index in [1.54, 1.807) is 12.3 Å². The molecule has 5 heteroatoms. The van der Waals surface area contributed by atoms with Gasteiger partial charge in [0.05, 0.1) is 25.0 Å². The first-order chi connectivity index (χ1) is 9.70. The van der Waals surface area contributed by atoms with Crippen molar-refractivity contribution >= 4 is 5.69 Å². The van der Waals surface area contributed by atoms with E-state index in [-0.39, 0.29) is 18.7 Å². The molecule has 2 aromatic rings. The Bertz CT molecular complexity index is 596. The van der Waals surface area contributed by atoms with Crippen molar-refractivity contribution in [1.29, 1.82) is 0 Å². The highest BCUT2D eigenvalue weighted by Crippen LogP contribution is 2.08. The number of aliphatic hydroxyl groups excluding tert-OH is 1. The van der Waals surface area contributed by atoms with E-state index in [0.29, 0.717) is 0 Å². The van der Waals surface area contributed by atoms with Crippen LogP contribution < -0.4 is 10.5 Å². The summed E-state index contributed by atoms with van der Waals surface area (Å²) in [7, 11) is 1.94. The van der Waals surface area contributed by atoms with Gasteiger partial charge < -0.3 is 10.0 Å². The van der Waals surface area contributed by atoms with Crippen molar-refractivity contribution in [2.24, 2.45) is 0 Å². The van der Waals surface area contributed by atoms with Gasteiger partial charge in [-0.3, -0.25) is 4.79 Å². The maximum Gasteiger partial charge on any atom is 0.268 e. The molecule has 0 amide bonds. The Hall–Kier alpha value is -2.14. The molecule has 0 radical (unpaired) electrons. The molecule has 106 valence electrons. The first-order valence-electron chi connectivity index (χ1n) is 6.64. The lowest BCUT2D eigenvalue weighted by Gasteiger charge is -2.19. The summed E-state index contributed by atoms with van der Waals surface area (Å²) in [6.07, 6.45) is 2.57. The molecule has 1 aromatic heterocycles. The second-order valence-electron chi connectivity index (χ2n) is 4.66. The Morgan fingerprint density at radius 2 is 2.05 bits per heavy atom. The summed E-state index contributed by atoms with van der Waals surface area (Å²) in [4.78, 5) is 13.8. The van der Waals surface area contributed by atoms with Crippen LogP contribution in [0.3, 0.4) is 0 Å². The topological polar surface area (TPSA) is 58.4 Å². The van der Waals surface area contributed by atoms with Crippen molar-refractivity contribution in [1.82, 2.24) is 9.78 Å². The molecule has 0 spiro atoms. The smallest absolute Gasteiger partial charge is 0.268 e. The fraction of sp³-hybridized carbons (Fsp3) is 0.333. The van der Waals surface area contributed by atoms with Crippen LogP contribution in [0.4, 0.5) is 5.69 Å². The second-order valence-corrected chi connectivity index (χ2v) is 4.66. The van der Waals surface area contributed by atoms with E-state index >= 15 is 0 Å². The van der Waals surface area contributed by atoms with Crippen molar-refractivity contribution in [3.05, 3.63) is 58.5 Å². The number of aromatic nitrogens is 2. The van der Waals surface area contributed by atoms with Crippen LogP contribution in [-0.2, 0) is 13.0 Å². The molecule has 0 bridgehead atoms. The third kappa shape index (κ3) is 3.68. The number of likely N-dealkylation sites (N-methyl/N-ethyl adjacent to an activating group) is 1. The number of aliphatic hydroxyl groups is 1. The molecule has 1 aromatic carbocycles. The average Bonchev–Trinajstić information content (AvgIpc) is 2.48. The first-order valence-corrected chi connectivity index (χ1v) is 6.64. The molecule has 2 rings (SSSR count). The van der Waals surface area contributed by atoms with Crippen LogP contribution in [0.2, 0.25) is 0 Å². The van der Waals surface area contributed by atoms with E-state index in [1.165, 1.54) is 10.2 Å². The normalized spacial score (nSPS) is 10.5. The number of nitrogens with zero attached hydrogens (tertiary/aromatic N) is 3. The molecule has 0 fully saturated rings. The SMILES string of the molecule is CN(CCc1ccccc1)c1cnn(CCO)c(=O)c1. The van der Waals surface area contributed by atoms with E-state index in [0.717, 1.165) is 18.7 Å². The van der Waals surface area contributed by atoms with Crippen LogP contribution in [-0.4, -0.2) is 35.1 Å². The number of hydrogen-bond donors (Lipinski definition) is 1. The Morgan fingerprint density at radius 3 is 2.70 bits per heavy atom. The van der Waals surface area contributed by atoms with Crippen LogP contribution in [0, 0.1) is 0 Å². The first kappa shape index (κ1) is 14.3. The van der Waals surface area contributed by atoms with Gasteiger partial charge in [-0.05, 0) is 12.0 Å². The van der Waals surface area contributed by atoms with Crippen molar-refractivity contribution in [3.63, 3.8) is 0 Å². The highest BCUT2D eigenvalue weighted by Gasteiger charge is 2.05. The van der Waals surface area contributed by atoms with Gasteiger partial charge in [0.25, 0.3) is 5.56 Å². The van der Waals surface area contributed by atoms with Gasteiger partial charge in [0.1, 0.15) is 0 Å². The van der Waals surface area contributed by atoms with Crippen LogP contribution in [0.5, 0.6) is 0 Å². The van der Waals surface area contributed by atoms with Crippen LogP contribution in [0.1, 0.15) is 5.56 Å². The summed E-state index contributed by atoms with van der Waals surface area (Å²) in [5.41, 5.74) is 1.86. The standard InChI is InChI=1S/C15H19N3O2/c1-17(8-7-13-5-3-2-4-6-13)14-11-15(20)18(9-10-19)16-12-14/h2-6,11-12,19H,7-10H2,1H3. The highest BCUT2D eigenvalue weighted by atomic mass is 16.3. The van der Waals surface area contributed by atoms with Gasteiger partial charge in [-0.25, -0.2) is 4.68 Å². The summed E-state index contributed by atoms with van der Waals surface area (Å²) in [5, 5.41) is 12.9. The minimum atomic E-state index is -0.192. The molecule has 0 saturated heterocycles. The average molecular weight is 273 g/mol. The van der Waals surface area contributed by atoms with E-state index in [9.17, 15) is 4.79 Å². The molecule has 0 atom stereocenters. The van der Waals surface area contributed by atoms with Crippen LogP contribution in [0.25, 0.3) is 0 Å². The molecule has 1 heterocycles. The number of rotatable bonds is 6. The lowest BCUT2D eigenvalue weighted by molar-refractivity contribution is 0.266. The van der Waals surface area contributed by atoms with Crippen molar-refractivity contribution < 1.29 is 5.11 Å². The zero-order chi connectivity index (χ0) is 14.4. The Kier molecular flexibility index (Phi) is 4.90. The van der Waals surface area contributed by atoms with Crippen molar-refractivity contribution in [2.75, 3.05) is 25.1 Å². The lowest BCUT2D eigenvalue weighted by atomic mass is 10.1. The predicted octanol–water partition coefficient (Wildman–Crippen LogP) is 0.914. The number of anilines is 1. The van der Waals surface area contributed by atoms with Gasteiger partial charge in [0, 0.05) is 19.7 Å². The number of hydrogen-bond acceptors (Lipinski definition) is 4. The quantitative estimate of drug-likeness (QED) is 0.850. The van der Waals surface area contributed by atoms with E-state index in [2.05, 4.69) is 17.2 Å². The zero-order valence-electron chi connectivity index (χ0n) is 11.6. The molecule has 0 aliphatic carbocycles. The fourth-order valence-electron chi connectivity index (χ4n) is 1.97. The van der Waals surface area contributed by atoms with Gasteiger partial charge in [-0.15, -0.1) is 0 Å². The minimum absolute atomic E-state index is 0.0872. The summed E-state index contributed by atoms with van der Waals surface area (Å²) in [6.45, 7) is 0.956. The van der Waals surface area contributed by atoms with Crippen LogP contribution >= 0.6 is 0 Å². The molecule has 0 unspecified atom stereocenters. The van der Waals surface area contributed by atoms with Crippen molar-refractivity contribution in [2.45, 2.75) is 13.0 Å². The molecule has 0 saturated carbocycles. The maximum atomic E-state index is 11.8. The third-order valence-corrected chi connectivity index (χ3v) is 3.19. The van der Waals surface area contributed by atoms with E-state index < -0.39 is 0 Å².